The lowest BCUT2D eigenvalue weighted by Crippen LogP contribution is -2.45. The van der Waals surface area contributed by atoms with E-state index >= 15 is 0 Å². The molecular weight excluding hydrogens is 354 g/mol. The Bertz CT molecular complexity index is 726. The van der Waals surface area contributed by atoms with Gasteiger partial charge in [-0.3, -0.25) is 4.18 Å². The van der Waals surface area contributed by atoms with Crippen LogP contribution >= 0.6 is 0 Å². The number of piperidine rings is 1. The Morgan fingerprint density at radius 2 is 1.69 bits per heavy atom. The highest BCUT2D eigenvalue weighted by Crippen LogP contribution is 2.33. The highest BCUT2D eigenvalue weighted by molar-refractivity contribution is 7.86. The predicted octanol–water partition coefficient (Wildman–Crippen LogP) is 3.74. The van der Waals surface area contributed by atoms with Crippen LogP contribution in [0.3, 0.4) is 0 Å². The van der Waals surface area contributed by atoms with Crippen LogP contribution < -0.4 is 0 Å². The zero-order chi connectivity index (χ0) is 19.6. The van der Waals surface area contributed by atoms with Gasteiger partial charge in [-0.1, -0.05) is 24.6 Å². The molecule has 1 aliphatic heterocycles. The minimum absolute atomic E-state index is 0.103. The first-order valence-corrected chi connectivity index (χ1v) is 10.3. The van der Waals surface area contributed by atoms with Crippen molar-refractivity contribution < 1.29 is 22.1 Å². The third kappa shape index (κ3) is 5.71. The smallest absolute Gasteiger partial charge is 0.410 e. The molecule has 0 aliphatic carbocycles. The van der Waals surface area contributed by atoms with Crippen molar-refractivity contribution in [2.75, 3.05) is 19.7 Å². The van der Waals surface area contributed by atoms with Crippen LogP contribution in [0.25, 0.3) is 0 Å². The van der Waals surface area contributed by atoms with Gasteiger partial charge in [0.2, 0.25) is 0 Å². The molecule has 1 fully saturated rings. The Labute approximate surface area is 156 Å². The SMILES string of the molecule is Cc1ccc(S(=O)(=O)OCC2(C)CCN(C(=O)OC(C)(C)C)CC2)cc1. The van der Waals surface area contributed by atoms with Gasteiger partial charge in [0.25, 0.3) is 10.1 Å². The zero-order valence-electron chi connectivity index (χ0n) is 16.2. The van der Waals surface area contributed by atoms with Crippen LogP contribution in [0.15, 0.2) is 29.2 Å². The van der Waals surface area contributed by atoms with Crippen LogP contribution in [-0.4, -0.2) is 44.7 Å². The number of amides is 1. The fourth-order valence-electron chi connectivity index (χ4n) is 2.69. The third-order valence-corrected chi connectivity index (χ3v) is 5.77. The highest BCUT2D eigenvalue weighted by atomic mass is 32.2. The van der Waals surface area contributed by atoms with E-state index in [0.717, 1.165) is 5.56 Å². The molecule has 1 heterocycles. The number of likely N-dealkylation sites (tertiary alicyclic amines) is 1. The minimum Gasteiger partial charge on any atom is -0.444 e. The fraction of sp³-hybridized carbons (Fsp3) is 0.632. The van der Waals surface area contributed by atoms with E-state index in [4.69, 9.17) is 8.92 Å². The second-order valence-corrected chi connectivity index (χ2v) is 9.92. The van der Waals surface area contributed by atoms with Crippen molar-refractivity contribution >= 4 is 16.2 Å². The van der Waals surface area contributed by atoms with Crippen molar-refractivity contribution in [2.24, 2.45) is 5.41 Å². The molecule has 0 N–H and O–H groups in total. The minimum atomic E-state index is -3.77. The number of rotatable bonds is 4. The lowest BCUT2D eigenvalue weighted by atomic mass is 9.81. The summed E-state index contributed by atoms with van der Waals surface area (Å²) in [4.78, 5) is 14.0. The van der Waals surface area contributed by atoms with Crippen LogP contribution in [0.2, 0.25) is 0 Å². The average molecular weight is 384 g/mol. The van der Waals surface area contributed by atoms with E-state index in [9.17, 15) is 13.2 Å². The van der Waals surface area contributed by atoms with E-state index in [-0.39, 0.29) is 23.0 Å². The van der Waals surface area contributed by atoms with Crippen LogP contribution in [-0.2, 0) is 19.0 Å². The molecule has 0 radical (unpaired) electrons. The topological polar surface area (TPSA) is 72.9 Å². The molecule has 26 heavy (non-hydrogen) atoms. The Morgan fingerprint density at radius 3 is 2.19 bits per heavy atom. The molecular formula is C19H29NO5S. The molecule has 146 valence electrons. The number of ether oxygens (including phenoxy) is 1. The molecule has 0 bridgehead atoms. The van der Waals surface area contributed by atoms with Gasteiger partial charge in [-0.25, -0.2) is 4.79 Å². The first-order chi connectivity index (χ1) is 11.9. The Kier molecular flexibility index (Phi) is 6.02. The van der Waals surface area contributed by atoms with Gasteiger partial charge in [0.05, 0.1) is 11.5 Å². The van der Waals surface area contributed by atoms with Gasteiger partial charge < -0.3 is 9.64 Å². The lowest BCUT2D eigenvalue weighted by Gasteiger charge is -2.39. The molecule has 0 aromatic heterocycles. The molecule has 1 aliphatic rings. The van der Waals surface area contributed by atoms with Crippen molar-refractivity contribution in [1.82, 2.24) is 4.90 Å². The van der Waals surface area contributed by atoms with E-state index in [2.05, 4.69) is 0 Å². The van der Waals surface area contributed by atoms with Gasteiger partial charge in [0, 0.05) is 13.1 Å². The number of aryl methyl sites for hydroxylation is 1. The van der Waals surface area contributed by atoms with Crippen LogP contribution in [0.1, 0.15) is 46.1 Å². The molecule has 0 spiro atoms. The van der Waals surface area contributed by atoms with Gasteiger partial charge >= 0.3 is 6.09 Å². The Hall–Kier alpha value is -1.60. The van der Waals surface area contributed by atoms with E-state index < -0.39 is 15.7 Å². The summed E-state index contributed by atoms with van der Waals surface area (Å²) in [6, 6.07) is 6.60. The summed E-state index contributed by atoms with van der Waals surface area (Å²) in [5.74, 6) is 0. The molecule has 1 aromatic rings. The van der Waals surface area contributed by atoms with Crippen LogP contribution in [0, 0.1) is 12.3 Å². The van der Waals surface area contributed by atoms with Crippen LogP contribution in [0.4, 0.5) is 4.79 Å². The van der Waals surface area contributed by atoms with E-state index in [1.54, 1.807) is 29.2 Å². The maximum atomic E-state index is 12.4. The Balaban J connectivity index is 1.91. The summed E-state index contributed by atoms with van der Waals surface area (Å²) in [7, 11) is -3.77. The predicted molar refractivity (Wildman–Crippen MR) is 99.5 cm³/mol. The van der Waals surface area contributed by atoms with Crippen molar-refractivity contribution in [2.45, 2.75) is 58.0 Å². The third-order valence-electron chi connectivity index (χ3n) is 4.49. The highest BCUT2D eigenvalue weighted by Gasteiger charge is 2.35. The maximum absolute atomic E-state index is 12.4. The van der Waals surface area contributed by atoms with Crippen molar-refractivity contribution in [3.63, 3.8) is 0 Å². The molecule has 1 amide bonds. The number of carbonyl (C=O) groups excluding carboxylic acids is 1. The molecule has 1 aromatic carbocycles. The second kappa shape index (κ2) is 7.56. The van der Waals surface area contributed by atoms with Gasteiger partial charge in [-0.15, -0.1) is 0 Å². The first-order valence-electron chi connectivity index (χ1n) is 8.84. The first kappa shape index (κ1) is 20.7. The van der Waals surface area contributed by atoms with E-state index in [0.29, 0.717) is 25.9 Å². The second-order valence-electron chi connectivity index (χ2n) is 8.31. The number of nitrogens with zero attached hydrogens (tertiary/aromatic N) is 1. The van der Waals surface area contributed by atoms with E-state index in [1.807, 2.05) is 34.6 Å². The molecule has 0 unspecified atom stereocenters. The molecule has 2 rings (SSSR count). The van der Waals surface area contributed by atoms with Crippen molar-refractivity contribution in [3.05, 3.63) is 29.8 Å². The number of benzene rings is 1. The molecule has 0 atom stereocenters. The number of hydrogen-bond donors (Lipinski definition) is 0. The number of hydrogen-bond acceptors (Lipinski definition) is 5. The van der Waals surface area contributed by atoms with Gasteiger partial charge in [-0.05, 0) is 58.1 Å². The summed E-state index contributed by atoms with van der Waals surface area (Å²) in [6.45, 7) is 10.6. The summed E-state index contributed by atoms with van der Waals surface area (Å²) in [5, 5.41) is 0. The van der Waals surface area contributed by atoms with Crippen molar-refractivity contribution in [3.8, 4) is 0 Å². The van der Waals surface area contributed by atoms with Gasteiger partial charge in [0.1, 0.15) is 5.60 Å². The van der Waals surface area contributed by atoms with E-state index in [1.165, 1.54) is 0 Å². The normalized spacial score (nSPS) is 17.8. The average Bonchev–Trinajstić information content (AvgIpc) is 2.53. The lowest BCUT2D eigenvalue weighted by molar-refractivity contribution is 0.00624. The maximum Gasteiger partial charge on any atom is 0.410 e. The molecule has 0 saturated carbocycles. The van der Waals surface area contributed by atoms with Gasteiger partial charge in [-0.2, -0.15) is 8.42 Å². The number of carbonyl (C=O) groups is 1. The summed E-state index contributed by atoms with van der Waals surface area (Å²) in [5.41, 5.74) is 0.171. The molecule has 7 heteroatoms. The summed E-state index contributed by atoms with van der Waals surface area (Å²) < 4.78 is 35.4. The molecule has 1 saturated heterocycles. The zero-order valence-corrected chi connectivity index (χ0v) is 17.1. The van der Waals surface area contributed by atoms with Crippen LogP contribution in [0.5, 0.6) is 0 Å². The monoisotopic (exact) mass is 383 g/mol. The largest absolute Gasteiger partial charge is 0.444 e. The van der Waals surface area contributed by atoms with Crippen molar-refractivity contribution in [1.29, 1.82) is 0 Å². The Morgan fingerprint density at radius 1 is 1.15 bits per heavy atom. The quantitative estimate of drug-likeness (QED) is 0.741. The summed E-state index contributed by atoms with van der Waals surface area (Å²) in [6.07, 6.45) is 0.999. The van der Waals surface area contributed by atoms with Gasteiger partial charge in [0.15, 0.2) is 0 Å². The summed E-state index contributed by atoms with van der Waals surface area (Å²) >= 11 is 0. The molecule has 6 nitrogen and oxygen atoms in total. The standard InChI is InChI=1S/C19H29NO5S/c1-15-6-8-16(9-7-15)26(22,23)24-14-19(5)10-12-20(13-11-19)17(21)25-18(2,3)4/h6-9H,10-14H2,1-5H3. The fourth-order valence-corrected chi connectivity index (χ4v) is 3.74.